The Bertz CT molecular complexity index is 182. The summed E-state index contributed by atoms with van der Waals surface area (Å²) in [6, 6.07) is 1.36. The van der Waals surface area contributed by atoms with Crippen LogP contribution in [0.2, 0.25) is 0 Å². The van der Waals surface area contributed by atoms with E-state index in [0.717, 1.165) is 31.5 Å². The fourth-order valence-corrected chi connectivity index (χ4v) is 2.34. The highest BCUT2D eigenvalue weighted by Crippen LogP contribution is 2.28. The zero-order chi connectivity index (χ0) is 9.97. The average Bonchev–Trinajstić information content (AvgIpc) is 2.94. The Morgan fingerprint density at radius 3 is 2.79 bits per heavy atom. The summed E-state index contributed by atoms with van der Waals surface area (Å²) < 4.78 is 0. The lowest BCUT2D eigenvalue weighted by molar-refractivity contribution is 0.214. The lowest BCUT2D eigenvalue weighted by Gasteiger charge is -2.24. The molecule has 82 valence electrons. The van der Waals surface area contributed by atoms with Gasteiger partial charge in [0.25, 0.3) is 0 Å². The molecule has 2 rings (SSSR count). The standard InChI is InChI=1S/C11H22N2O/c1-9-6-12-10(4-5-14)8-13(7-9)11-2-3-11/h9-12,14H,2-8H2,1H3. The maximum Gasteiger partial charge on any atom is 0.0446 e. The third-order valence-electron chi connectivity index (χ3n) is 3.30. The molecule has 2 aliphatic rings. The third kappa shape index (κ3) is 2.69. The summed E-state index contributed by atoms with van der Waals surface area (Å²) in [5, 5.41) is 12.5. The summed E-state index contributed by atoms with van der Waals surface area (Å²) in [6.45, 7) is 6.09. The lowest BCUT2D eigenvalue weighted by atomic mass is 10.2. The molecule has 0 amide bonds. The summed E-state index contributed by atoms with van der Waals surface area (Å²) in [5.74, 6) is 0.749. The van der Waals surface area contributed by atoms with Gasteiger partial charge in [0.1, 0.15) is 0 Å². The van der Waals surface area contributed by atoms with Crippen molar-refractivity contribution in [2.24, 2.45) is 5.92 Å². The van der Waals surface area contributed by atoms with E-state index < -0.39 is 0 Å². The van der Waals surface area contributed by atoms with Crippen LogP contribution in [-0.2, 0) is 0 Å². The van der Waals surface area contributed by atoms with E-state index in [2.05, 4.69) is 17.1 Å². The Kier molecular flexibility index (Phi) is 3.42. The van der Waals surface area contributed by atoms with Crippen molar-refractivity contribution in [2.75, 3.05) is 26.2 Å². The van der Waals surface area contributed by atoms with Gasteiger partial charge in [-0.15, -0.1) is 0 Å². The predicted molar refractivity (Wildman–Crippen MR) is 57.3 cm³/mol. The van der Waals surface area contributed by atoms with Gasteiger partial charge in [-0.25, -0.2) is 0 Å². The summed E-state index contributed by atoms with van der Waals surface area (Å²) in [5.41, 5.74) is 0. The van der Waals surface area contributed by atoms with Gasteiger partial charge < -0.3 is 10.4 Å². The molecule has 1 heterocycles. The minimum atomic E-state index is 0.310. The predicted octanol–water partition coefficient (Wildman–Crippen LogP) is 0.441. The van der Waals surface area contributed by atoms with E-state index in [1.165, 1.54) is 19.4 Å². The van der Waals surface area contributed by atoms with Crippen LogP contribution in [0.3, 0.4) is 0 Å². The molecular formula is C11H22N2O. The third-order valence-corrected chi connectivity index (χ3v) is 3.30. The van der Waals surface area contributed by atoms with Crippen molar-refractivity contribution in [2.45, 2.75) is 38.3 Å². The molecule has 1 aliphatic heterocycles. The molecule has 0 spiro atoms. The Morgan fingerprint density at radius 1 is 1.36 bits per heavy atom. The van der Waals surface area contributed by atoms with Crippen molar-refractivity contribution < 1.29 is 5.11 Å². The highest BCUT2D eigenvalue weighted by molar-refractivity contribution is 4.90. The number of nitrogens with one attached hydrogen (secondary N) is 1. The second-order valence-corrected chi connectivity index (χ2v) is 4.91. The topological polar surface area (TPSA) is 35.5 Å². The van der Waals surface area contributed by atoms with Gasteiger partial charge in [-0.2, -0.15) is 0 Å². The Morgan fingerprint density at radius 2 is 2.14 bits per heavy atom. The molecule has 2 fully saturated rings. The zero-order valence-electron chi connectivity index (χ0n) is 9.08. The van der Waals surface area contributed by atoms with Gasteiger partial charge in [0, 0.05) is 31.8 Å². The molecule has 1 aliphatic carbocycles. The largest absolute Gasteiger partial charge is 0.396 e. The van der Waals surface area contributed by atoms with Gasteiger partial charge in [-0.3, -0.25) is 4.90 Å². The molecule has 0 aromatic carbocycles. The molecule has 3 nitrogen and oxygen atoms in total. The average molecular weight is 198 g/mol. The number of rotatable bonds is 3. The molecule has 2 unspecified atom stereocenters. The van der Waals surface area contributed by atoms with Gasteiger partial charge in [0.15, 0.2) is 0 Å². The van der Waals surface area contributed by atoms with Crippen molar-refractivity contribution in [3.05, 3.63) is 0 Å². The highest BCUT2D eigenvalue weighted by Gasteiger charge is 2.32. The zero-order valence-corrected chi connectivity index (χ0v) is 9.08. The normalized spacial score (nSPS) is 35.6. The van der Waals surface area contributed by atoms with Crippen LogP contribution in [0.5, 0.6) is 0 Å². The lowest BCUT2D eigenvalue weighted by Crippen LogP contribution is -2.39. The van der Waals surface area contributed by atoms with Crippen LogP contribution in [0.4, 0.5) is 0 Å². The molecular weight excluding hydrogens is 176 g/mol. The molecule has 0 bridgehead atoms. The molecule has 0 radical (unpaired) electrons. The maximum atomic E-state index is 8.96. The van der Waals surface area contributed by atoms with E-state index in [1.54, 1.807) is 0 Å². The van der Waals surface area contributed by atoms with Crippen molar-refractivity contribution in [1.82, 2.24) is 10.2 Å². The Hall–Kier alpha value is -0.120. The van der Waals surface area contributed by atoms with Gasteiger partial charge in [-0.1, -0.05) is 6.92 Å². The summed E-state index contributed by atoms with van der Waals surface area (Å²) in [4.78, 5) is 2.62. The molecule has 0 aromatic rings. The van der Waals surface area contributed by atoms with Crippen LogP contribution >= 0.6 is 0 Å². The van der Waals surface area contributed by atoms with Crippen molar-refractivity contribution in [1.29, 1.82) is 0 Å². The Labute approximate surface area is 86.5 Å². The molecule has 2 atom stereocenters. The van der Waals surface area contributed by atoms with E-state index in [-0.39, 0.29) is 0 Å². The second kappa shape index (κ2) is 4.60. The smallest absolute Gasteiger partial charge is 0.0446 e. The van der Waals surface area contributed by atoms with Gasteiger partial charge in [0.05, 0.1) is 0 Å². The molecule has 0 aromatic heterocycles. The van der Waals surface area contributed by atoms with E-state index >= 15 is 0 Å². The van der Waals surface area contributed by atoms with E-state index in [0.29, 0.717) is 12.6 Å². The summed E-state index contributed by atoms with van der Waals surface area (Å²) in [7, 11) is 0. The van der Waals surface area contributed by atoms with Crippen molar-refractivity contribution in [3.63, 3.8) is 0 Å². The first kappa shape index (κ1) is 10.4. The molecule has 14 heavy (non-hydrogen) atoms. The molecule has 2 N–H and O–H groups in total. The van der Waals surface area contributed by atoms with Crippen LogP contribution in [0.1, 0.15) is 26.2 Å². The van der Waals surface area contributed by atoms with Crippen LogP contribution in [-0.4, -0.2) is 48.3 Å². The monoisotopic (exact) mass is 198 g/mol. The minimum absolute atomic E-state index is 0.310. The van der Waals surface area contributed by atoms with Gasteiger partial charge in [-0.05, 0) is 31.7 Å². The number of hydrogen-bond donors (Lipinski definition) is 2. The second-order valence-electron chi connectivity index (χ2n) is 4.91. The number of nitrogens with zero attached hydrogens (tertiary/aromatic N) is 1. The minimum Gasteiger partial charge on any atom is -0.396 e. The van der Waals surface area contributed by atoms with E-state index in [1.807, 2.05) is 0 Å². The Balaban J connectivity index is 1.88. The number of aliphatic hydroxyl groups excluding tert-OH is 1. The van der Waals surface area contributed by atoms with Crippen molar-refractivity contribution in [3.8, 4) is 0 Å². The van der Waals surface area contributed by atoms with E-state index in [9.17, 15) is 0 Å². The first-order chi connectivity index (χ1) is 6.79. The maximum absolute atomic E-state index is 8.96. The van der Waals surface area contributed by atoms with Gasteiger partial charge in [0.2, 0.25) is 0 Å². The van der Waals surface area contributed by atoms with E-state index in [4.69, 9.17) is 5.11 Å². The molecule has 3 heteroatoms. The highest BCUT2D eigenvalue weighted by atomic mass is 16.3. The van der Waals surface area contributed by atoms with Crippen LogP contribution in [0.25, 0.3) is 0 Å². The van der Waals surface area contributed by atoms with Crippen LogP contribution < -0.4 is 5.32 Å². The number of hydrogen-bond acceptors (Lipinski definition) is 3. The molecule has 1 saturated heterocycles. The molecule has 1 saturated carbocycles. The first-order valence-electron chi connectivity index (χ1n) is 5.88. The summed E-state index contributed by atoms with van der Waals surface area (Å²) in [6.07, 6.45) is 3.67. The quantitative estimate of drug-likeness (QED) is 0.691. The van der Waals surface area contributed by atoms with Gasteiger partial charge >= 0.3 is 0 Å². The number of aliphatic hydroxyl groups is 1. The fourth-order valence-electron chi connectivity index (χ4n) is 2.34. The van der Waals surface area contributed by atoms with Crippen molar-refractivity contribution >= 4 is 0 Å². The fraction of sp³-hybridized carbons (Fsp3) is 1.00. The van der Waals surface area contributed by atoms with Crippen LogP contribution in [0, 0.1) is 5.92 Å². The summed E-state index contributed by atoms with van der Waals surface area (Å²) >= 11 is 0. The first-order valence-corrected chi connectivity index (χ1v) is 5.88. The SMILES string of the molecule is CC1CNC(CCO)CN(C2CC2)C1. The van der Waals surface area contributed by atoms with Crippen LogP contribution in [0.15, 0.2) is 0 Å².